The molecule has 1 N–H and O–H groups in total. The van der Waals surface area contributed by atoms with Gasteiger partial charge in [-0.3, -0.25) is 0 Å². The molecule has 1 fully saturated rings. The summed E-state index contributed by atoms with van der Waals surface area (Å²) in [5, 5.41) is 11.2. The van der Waals surface area contributed by atoms with Gasteiger partial charge in [-0.15, -0.1) is 11.3 Å². The predicted octanol–water partition coefficient (Wildman–Crippen LogP) is 4.43. The number of anilines is 2. The van der Waals surface area contributed by atoms with Crippen LogP contribution in [0.1, 0.15) is 57.8 Å². The fourth-order valence-electron chi connectivity index (χ4n) is 3.23. The predicted molar refractivity (Wildman–Crippen MR) is 90.1 cm³/mol. The second kappa shape index (κ2) is 5.35. The van der Waals surface area contributed by atoms with E-state index in [4.69, 9.17) is 5.11 Å². The summed E-state index contributed by atoms with van der Waals surface area (Å²) in [5.74, 6) is -0.106. The lowest BCUT2D eigenvalue weighted by Crippen LogP contribution is -2.15. The molecule has 2 aliphatic carbocycles. The number of thiazole rings is 1. The molecular weight excluding hydrogens is 316 g/mol. The maximum atomic E-state index is 11.1. The number of rotatable bonds is 5. The van der Waals surface area contributed by atoms with Gasteiger partial charge in [-0.25, -0.2) is 9.78 Å². The molecule has 0 spiro atoms. The Bertz CT molecular complexity index is 731. The van der Waals surface area contributed by atoms with E-state index in [1.165, 1.54) is 53.8 Å². The molecule has 0 atom stereocenters. The van der Waals surface area contributed by atoms with Crippen molar-refractivity contribution in [1.82, 2.24) is 4.98 Å². The van der Waals surface area contributed by atoms with Crippen LogP contribution in [0.5, 0.6) is 0 Å². The quantitative estimate of drug-likeness (QED) is 0.879. The number of hydrogen-bond donors (Lipinski definition) is 1. The zero-order valence-electron chi connectivity index (χ0n) is 12.5. The maximum absolute atomic E-state index is 11.1. The lowest BCUT2D eigenvalue weighted by atomic mass is 10.1. The minimum absolute atomic E-state index is 0.309. The summed E-state index contributed by atoms with van der Waals surface area (Å²) in [6, 6.07) is 0. The number of aromatic nitrogens is 1. The Morgan fingerprint density at radius 1 is 1.36 bits per heavy atom. The second-order valence-corrected chi connectivity index (χ2v) is 7.95. The first kappa shape index (κ1) is 14.2. The standard InChI is InChI=1S/C16H18N2O2S2/c1-2-18(16-17-8-12(21-16)15(19)20)14-11-5-3-4-10(11)13(22-14)9-6-7-9/h8-9H,2-7H2,1H3,(H,19,20). The summed E-state index contributed by atoms with van der Waals surface area (Å²) >= 11 is 3.19. The van der Waals surface area contributed by atoms with E-state index in [1.807, 2.05) is 11.3 Å². The highest BCUT2D eigenvalue weighted by molar-refractivity contribution is 7.19. The van der Waals surface area contributed by atoms with Crippen molar-refractivity contribution in [1.29, 1.82) is 0 Å². The Hall–Kier alpha value is -1.40. The zero-order valence-corrected chi connectivity index (χ0v) is 14.1. The van der Waals surface area contributed by atoms with Crippen molar-refractivity contribution in [2.24, 2.45) is 0 Å². The molecule has 2 heterocycles. The first-order valence-electron chi connectivity index (χ1n) is 7.80. The molecule has 4 rings (SSSR count). The van der Waals surface area contributed by atoms with Gasteiger partial charge in [0.05, 0.1) is 6.20 Å². The Morgan fingerprint density at radius 2 is 2.14 bits per heavy atom. The fourth-order valence-corrected chi connectivity index (χ4v) is 5.74. The van der Waals surface area contributed by atoms with E-state index in [1.54, 1.807) is 10.4 Å². The van der Waals surface area contributed by atoms with Crippen LogP contribution in [-0.4, -0.2) is 22.6 Å². The molecule has 0 aromatic carbocycles. The van der Waals surface area contributed by atoms with Gasteiger partial charge in [-0.2, -0.15) is 0 Å². The average molecular weight is 334 g/mol. The lowest BCUT2D eigenvalue weighted by Gasteiger charge is -2.19. The molecule has 2 aliphatic rings. The van der Waals surface area contributed by atoms with E-state index in [0.717, 1.165) is 24.0 Å². The first-order valence-corrected chi connectivity index (χ1v) is 9.43. The van der Waals surface area contributed by atoms with E-state index in [-0.39, 0.29) is 0 Å². The van der Waals surface area contributed by atoms with Gasteiger partial charge in [-0.1, -0.05) is 11.3 Å². The van der Waals surface area contributed by atoms with E-state index in [2.05, 4.69) is 16.8 Å². The number of thiophene rings is 1. The summed E-state index contributed by atoms with van der Waals surface area (Å²) in [5.41, 5.74) is 3.09. The van der Waals surface area contributed by atoms with Gasteiger partial charge >= 0.3 is 5.97 Å². The van der Waals surface area contributed by atoms with Crippen LogP contribution in [0.2, 0.25) is 0 Å². The van der Waals surface area contributed by atoms with Crippen molar-refractivity contribution in [3.63, 3.8) is 0 Å². The summed E-state index contributed by atoms with van der Waals surface area (Å²) in [4.78, 5) is 19.6. The number of carbonyl (C=O) groups is 1. The molecule has 0 aliphatic heterocycles. The molecule has 6 heteroatoms. The van der Waals surface area contributed by atoms with Gasteiger partial charge in [0.25, 0.3) is 0 Å². The molecule has 0 saturated heterocycles. The smallest absolute Gasteiger partial charge is 0.347 e. The van der Waals surface area contributed by atoms with Crippen LogP contribution in [0.3, 0.4) is 0 Å². The number of aromatic carboxylic acids is 1. The van der Waals surface area contributed by atoms with E-state index >= 15 is 0 Å². The largest absolute Gasteiger partial charge is 0.477 e. The molecular formula is C16H18N2O2S2. The van der Waals surface area contributed by atoms with Crippen LogP contribution in [0.4, 0.5) is 10.1 Å². The van der Waals surface area contributed by atoms with Crippen LogP contribution in [0.25, 0.3) is 0 Å². The molecule has 0 bridgehead atoms. The van der Waals surface area contributed by atoms with Crippen molar-refractivity contribution >= 4 is 38.8 Å². The van der Waals surface area contributed by atoms with Crippen molar-refractivity contribution in [3.05, 3.63) is 27.1 Å². The van der Waals surface area contributed by atoms with E-state index in [9.17, 15) is 4.79 Å². The lowest BCUT2D eigenvalue weighted by molar-refractivity contribution is 0.0702. The van der Waals surface area contributed by atoms with Gasteiger partial charge in [0.2, 0.25) is 0 Å². The first-order chi connectivity index (χ1) is 10.7. The van der Waals surface area contributed by atoms with E-state index in [0.29, 0.717) is 4.88 Å². The molecule has 22 heavy (non-hydrogen) atoms. The van der Waals surface area contributed by atoms with Crippen LogP contribution in [0, 0.1) is 0 Å². The minimum atomic E-state index is -0.894. The fraction of sp³-hybridized carbons (Fsp3) is 0.500. The maximum Gasteiger partial charge on any atom is 0.347 e. The van der Waals surface area contributed by atoms with E-state index < -0.39 is 5.97 Å². The van der Waals surface area contributed by atoms with Gasteiger partial charge in [0.15, 0.2) is 5.13 Å². The number of hydrogen-bond acceptors (Lipinski definition) is 5. The summed E-state index contributed by atoms with van der Waals surface area (Å²) in [6.45, 7) is 2.93. The molecule has 1 saturated carbocycles. The average Bonchev–Trinajstić information content (AvgIpc) is 2.92. The Kier molecular flexibility index (Phi) is 3.46. The van der Waals surface area contributed by atoms with Crippen LogP contribution >= 0.6 is 22.7 Å². The molecule has 0 unspecified atom stereocenters. The van der Waals surface area contributed by atoms with Crippen molar-refractivity contribution < 1.29 is 9.90 Å². The monoisotopic (exact) mass is 334 g/mol. The molecule has 116 valence electrons. The van der Waals surface area contributed by atoms with Crippen LogP contribution in [0.15, 0.2) is 6.20 Å². The Labute approximate surface area is 137 Å². The van der Waals surface area contributed by atoms with Gasteiger partial charge in [0, 0.05) is 11.4 Å². The third kappa shape index (κ3) is 2.25. The topological polar surface area (TPSA) is 53.4 Å². The van der Waals surface area contributed by atoms with Crippen LogP contribution in [-0.2, 0) is 12.8 Å². The second-order valence-electron chi connectivity index (χ2n) is 5.91. The normalized spacial score (nSPS) is 16.8. The van der Waals surface area contributed by atoms with Crippen molar-refractivity contribution in [2.75, 3.05) is 11.4 Å². The molecule has 4 nitrogen and oxygen atoms in total. The van der Waals surface area contributed by atoms with Crippen LogP contribution < -0.4 is 4.90 Å². The molecule has 2 aromatic heterocycles. The third-order valence-electron chi connectivity index (χ3n) is 4.42. The van der Waals surface area contributed by atoms with Crippen molar-refractivity contribution in [2.45, 2.75) is 44.9 Å². The van der Waals surface area contributed by atoms with Gasteiger partial charge in [-0.05, 0) is 56.1 Å². The Balaban J connectivity index is 1.75. The molecule has 0 amide bonds. The highest BCUT2D eigenvalue weighted by Gasteiger charge is 2.34. The summed E-state index contributed by atoms with van der Waals surface area (Å²) in [6.07, 6.45) is 7.76. The SMILES string of the molecule is CCN(c1ncc(C(=O)O)s1)c1sc(C2CC2)c2c1CCC2. The number of fused-ring (bicyclic) bond motifs is 1. The number of carboxylic acids is 1. The third-order valence-corrected chi connectivity index (χ3v) is 6.89. The molecule has 2 aromatic rings. The highest BCUT2D eigenvalue weighted by atomic mass is 32.1. The number of carboxylic acid groups (broad SMARTS) is 1. The summed E-state index contributed by atoms with van der Waals surface area (Å²) < 4.78 is 0. The minimum Gasteiger partial charge on any atom is -0.477 e. The Morgan fingerprint density at radius 3 is 2.77 bits per heavy atom. The molecule has 0 radical (unpaired) electrons. The van der Waals surface area contributed by atoms with Gasteiger partial charge < -0.3 is 10.0 Å². The number of nitrogens with zero attached hydrogens (tertiary/aromatic N) is 2. The van der Waals surface area contributed by atoms with Gasteiger partial charge in [0.1, 0.15) is 9.88 Å². The van der Waals surface area contributed by atoms with Crippen molar-refractivity contribution in [3.8, 4) is 0 Å². The highest BCUT2D eigenvalue weighted by Crippen LogP contribution is 2.52. The zero-order chi connectivity index (χ0) is 15.3. The summed E-state index contributed by atoms with van der Waals surface area (Å²) in [7, 11) is 0.